The molecule has 2 aromatic rings. The topological polar surface area (TPSA) is 61.0 Å². The highest BCUT2D eigenvalue weighted by Crippen LogP contribution is 2.14. The molecule has 0 unspecified atom stereocenters. The van der Waals surface area contributed by atoms with Gasteiger partial charge in [0.2, 0.25) is 0 Å². The summed E-state index contributed by atoms with van der Waals surface area (Å²) in [5, 5.41) is 4.45. The Bertz CT molecular complexity index is 666. The smallest absolute Gasteiger partial charge is 0.258 e. The lowest BCUT2D eigenvalue weighted by Gasteiger charge is -2.18. The molecule has 1 fully saturated rings. The van der Waals surface area contributed by atoms with E-state index >= 15 is 0 Å². The minimum absolute atomic E-state index is 0. The SMILES string of the molecule is Cl.O=c1[nH]c(CN2CCCNCC2)nc2ccc(Cl)cc12. The highest BCUT2D eigenvalue weighted by Gasteiger charge is 2.11. The monoisotopic (exact) mass is 328 g/mol. The number of aromatic amines is 1. The van der Waals surface area contributed by atoms with E-state index in [0.717, 1.165) is 32.6 Å². The van der Waals surface area contributed by atoms with Crippen molar-refractivity contribution in [1.82, 2.24) is 20.2 Å². The second-order valence-electron chi connectivity index (χ2n) is 5.05. The Morgan fingerprint density at radius 1 is 1.29 bits per heavy atom. The van der Waals surface area contributed by atoms with E-state index in [4.69, 9.17) is 11.6 Å². The Labute approximate surface area is 134 Å². The molecule has 7 heteroatoms. The average Bonchev–Trinajstić information content (AvgIpc) is 2.68. The summed E-state index contributed by atoms with van der Waals surface area (Å²) in [7, 11) is 0. The van der Waals surface area contributed by atoms with Gasteiger partial charge in [0, 0.05) is 18.1 Å². The maximum absolute atomic E-state index is 12.1. The van der Waals surface area contributed by atoms with Gasteiger partial charge < -0.3 is 10.3 Å². The van der Waals surface area contributed by atoms with Gasteiger partial charge in [0.05, 0.1) is 17.4 Å². The van der Waals surface area contributed by atoms with Crippen molar-refractivity contribution in [3.8, 4) is 0 Å². The maximum atomic E-state index is 12.1. The van der Waals surface area contributed by atoms with Crippen LogP contribution in [0.4, 0.5) is 0 Å². The number of H-pyrrole nitrogens is 1. The fraction of sp³-hybridized carbons (Fsp3) is 0.429. The van der Waals surface area contributed by atoms with Crippen LogP contribution < -0.4 is 10.9 Å². The predicted molar refractivity (Wildman–Crippen MR) is 87.4 cm³/mol. The van der Waals surface area contributed by atoms with Gasteiger partial charge in [-0.05, 0) is 37.7 Å². The highest BCUT2D eigenvalue weighted by molar-refractivity contribution is 6.31. The molecule has 0 aliphatic carbocycles. The lowest BCUT2D eigenvalue weighted by molar-refractivity contribution is 0.277. The van der Waals surface area contributed by atoms with Crippen molar-refractivity contribution in [1.29, 1.82) is 0 Å². The molecule has 1 aromatic carbocycles. The van der Waals surface area contributed by atoms with Gasteiger partial charge in [-0.25, -0.2) is 4.98 Å². The molecule has 1 aromatic heterocycles. The normalized spacial score (nSPS) is 16.4. The molecule has 0 saturated carbocycles. The van der Waals surface area contributed by atoms with Crippen LogP contribution >= 0.6 is 24.0 Å². The van der Waals surface area contributed by atoms with E-state index in [1.165, 1.54) is 0 Å². The lowest BCUT2D eigenvalue weighted by atomic mass is 10.2. The van der Waals surface area contributed by atoms with Gasteiger partial charge >= 0.3 is 0 Å². The van der Waals surface area contributed by atoms with Crippen LogP contribution in [0.1, 0.15) is 12.2 Å². The summed E-state index contributed by atoms with van der Waals surface area (Å²) >= 11 is 5.91. The molecule has 2 heterocycles. The van der Waals surface area contributed by atoms with Gasteiger partial charge in [-0.15, -0.1) is 12.4 Å². The summed E-state index contributed by atoms with van der Waals surface area (Å²) in [4.78, 5) is 21.8. The number of halogens is 2. The Morgan fingerprint density at radius 2 is 2.14 bits per heavy atom. The van der Waals surface area contributed by atoms with E-state index < -0.39 is 0 Å². The van der Waals surface area contributed by atoms with Crippen molar-refractivity contribution in [2.24, 2.45) is 0 Å². The molecule has 1 aliphatic heterocycles. The summed E-state index contributed by atoms with van der Waals surface area (Å²) < 4.78 is 0. The van der Waals surface area contributed by atoms with E-state index in [0.29, 0.717) is 28.3 Å². The number of nitrogens with one attached hydrogen (secondary N) is 2. The zero-order valence-corrected chi connectivity index (χ0v) is 13.1. The van der Waals surface area contributed by atoms with Gasteiger partial charge in [-0.1, -0.05) is 11.6 Å². The van der Waals surface area contributed by atoms with E-state index in [1.807, 2.05) is 0 Å². The molecule has 2 N–H and O–H groups in total. The van der Waals surface area contributed by atoms with E-state index in [9.17, 15) is 4.79 Å². The van der Waals surface area contributed by atoms with Crippen LogP contribution in [0, 0.1) is 0 Å². The third-order valence-corrected chi connectivity index (χ3v) is 3.76. The largest absolute Gasteiger partial charge is 0.315 e. The molecule has 1 aliphatic rings. The number of aromatic nitrogens is 2. The first kappa shape index (κ1) is 16.2. The average molecular weight is 329 g/mol. The second kappa shape index (κ2) is 7.22. The van der Waals surface area contributed by atoms with Crippen LogP contribution in [0.3, 0.4) is 0 Å². The number of fused-ring (bicyclic) bond motifs is 1. The summed E-state index contributed by atoms with van der Waals surface area (Å²) in [5.41, 5.74) is 0.571. The Morgan fingerprint density at radius 3 is 3.00 bits per heavy atom. The quantitative estimate of drug-likeness (QED) is 0.882. The molecular formula is C14H18Cl2N4O. The maximum Gasteiger partial charge on any atom is 0.258 e. The molecule has 0 atom stereocenters. The van der Waals surface area contributed by atoms with Gasteiger partial charge in [-0.3, -0.25) is 9.69 Å². The van der Waals surface area contributed by atoms with Crippen LogP contribution in [-0.2, 0) is 6.54 Å². The summed E-state index contributed by atoms with van der Waals surface area (Å²) in [6.45, 7) is 4.71. The highest BCUT2D eigenvalue weighted by atomic mass is 35.5. The summed E-state index contributed by atoms with van der Waals surface area (Å²) in [6, 6.07) is 5.21. The standard InChI is InChI=1S/C14H17ClN4O.ClH/c15-10-2-3-12-11(8-10)14(20)18-13(17-12)9-19-6-1-4-16-5-7-19;/h2-3,8,16H,1,4-7,9H2,(H,17,18,20);1H. The lowest BCUT2D eigenvalue weighted by Crippen LogP contribution is -2.29. The van der Waals surface area contributed by atoms with E-state index in [2.05, 4.69) is 20.2 Å². The first-order chi connectivity index (χ1) is 9.72. The Kier molecular flexibility index (Phi) is 5.58. The minimum Gasteiger partial charge on any atom is -0.315 e. The number of hydrogen-bond donors (Lipinski definition) is 2. The number of hydrogen-bond acceptors (Lipinski definition) is 4. The minimum atomic E-state index is -0.125. The van der Waals surface area contributed by atoms with E-state index in [-0.39, 0.29) is 18.0 Å². The summed E-state index contributed by atoms with van der Waals surface area (Å²) in [5.74, 6) is 0.715. The first-order valence-corrected chi connectivity index (χ1v) is 7.22. The van der Waals surface area contributed by atoms with Crippen molar-refractivity contribution in [3.63, 3.8) is 0 Å². The van der Waals surface area contributed by atoms with Crippen molar-refractivity contribution in [2.75, 3.05) is 26.2 Å². The number of nitrogens with zero attached hydrogens (tertiary/aromatic N) is 2. The van der Waals surface area contributed by atoms with Gasteiger partial charge in [0.1, 0.15) is 5.82 Å². The fourth-order valence-electron chi connectivity index (χ4n) is 2.51. The number of benzene rings is 1. The molecule has 3 rings (SSSR count). The van der Waals surface area contributed by atoms with Crippen molar-refractivity contribution in [3.05, 3.63) is 39.4 Å². The van der Waals surface area contributed by atoms with Gasteiger partial charge in [0.15, 0.2) is 0 Å². The number of rotatable bonds is 2. The predicted octanol–water partition coefficient (Wildman–Crippen LogP) is 1.79. The molecule has 0 amide bonds. The van der Waals surface area contributed by atoms with Crippen LogP contribution in [0.2, 0.25) is 5.02 Å². The van der Waals surface area contributed by atoms with Gasteiger partial charge in [-0.2, -0.15) is 0 Å². The molecule has 0 radical (unpaired) electrons. The molecule has 1 saturated heterocycles. The Balaban J connectivity index is 0.00000161. The van der Waals surface area contributed by atoms with Crippen molar-refractivity contribution < 1.29 is 0 Å². The van der Waals surface area contributed by atoms with Crippen LogP contribution in [0.5, 0.6) is 0 Å². The zero-order valence-electron chi connectivity index (χ0n) is 11.6. The molecule has 5 nitrogen and oxygen atoms in total. The van der Waals surface area contributed by atoms with Gasteiger partial charge in [0.25, 0.3) is 5.56 Å². The fourth-order valence-corrected chi connectivity index (χ4v) is 2.68. The third kappa shape index (κ3) is 3.95. The molecule has 21 heavy (non-hydrogen) atoms. The molecule has 0 bridgehead atoms. The second-order valence-corrected chi connectivity index (χ2v) is 5.49. The van der Waals surface area contributed by atoms with Crippen molar-refractivity contribution in [2.45, 2.75) is 13.0 Å². The summed E-state index contributed by atoms with van der Waals surface area (Å²) in [6.07, 6.45) is 1.12. The third-order valence-electron chi connectivity index (χ3n) is 3.52. The van der Waals surface area contributed by atoms with Crippen molar-refractivity contribution >= 4 is 34.9 Å². The molecular weight excluding hydrogens is 311 g/mol. The molecule has 114 valence electrons. The van der Waals surface area contributed by atoms with Crippen LogP contribution in [-0.4, -0.2) is 41.0 Å². The first-order valence-electron chi connectivity index (χ1n) is 6.84. The van der Waals surface area contributed by atoms with E-state index in [1.54, 1.807) is 18.2 Å². The van der Waals surface area contributed by atoms with Crippen LogP contribution in [0.15, 0.2) is 23.0 Å². The molecule has 0 spiro atoms. The Hall–Kier alpha value is -1.14. The van der Waals surface area contributed by atoms with Crippen LogP contribution in [0.25, 0.3) is 10.9 Å². The zero-order chi connectivity index (χ0) is 13.9.